The molecule has 0 amide bonds. The number of rotatable bonds is 3. The summed E-state index contributed by atoms with van der Waals surface area (Å²) in [6.45, 7) is 7.18. The van der Waals surface area contributed by atoms with Crippen LogP contribution in [0.25, 0.3) is 0 Å². The van der Waals surface area contributed by atoms with Crippen molar-refractivity contribution >= 4 is 0 Å². The molecule has 0 unspecified atom stereocenters. The van der Waals surface area contributed by atoms with Gasteiger partial charge in [-0.2, -0.15) is 0 Å². The summed E-state index contributed by atoms with van der Waals surface area (Å²) in [4.78, 5) is 0. The molecule has 1 heteroatoms. The quantitative estimate of drug-likeness (QED) is 0.613. The van der Waals surface area contributed by atoms with Gasteiger partial charge < -0.3 is 1.43 Å². The van der Waals surface area contributed by atoms with Crippen molar-refractivity contribution in [3.63, 3.8) is 0 Å². The Morgan fingerprint density at radius 3 is 1.88 bits per heavy atom. The second-order valence-corrected chi connectivity index (χ2v) is 15.2. The van der Waals surface area contributed by atoms with Gasteiger partial charge in [-0.05, 0) is 0 Å². The first kappa shape index (κ1) is 12.3. The topological polar surface area (TPSA) is 0 Å². The van der Waals surface area contributed by atoms with Gasteiger partial charge >= 0.3 is 108 Å². The molecule has 0 aromatic carbocycles. The van der Waals surface area contributed by atoms with Crippen LogP contribution in [0.3, 0.4) is 0 Å². The summed E-state index contributed by atoms with van der Waals surface area (Å²) in [6, 6.07) is 0. The molecule has 86 valence electrons. The molecular weight excluding hydrogens is 359 g/mol. The molecule has 0 saturated heterocycles. The van der Waals surface area contributed by atoms with Gasteiger partial charge in [0.15, 0.2) is 0 Å². The van der Waals surface area contributed by atoms with E-state index in [1.165, 1.54) is 17.0 Å². The van der Waals surface area contributed by atoms with E-state index in [0.29, 0.717) is 5.41 Å². The van der Waals surface area contributed by atoms with Crippen LogP contribution in [0.4, 0.5) is 0 Å². The van der Waals surface area contributed by atoms with Gasteiger partial charge in [-0.15, -0.1) is 0 Å². The van der Waals surface area contributed by atoms with E-state index in [0.717, 1.165) is 0 Å². The smallest absolute Gasteiger partial charge is 1.00 e. The minimum absolute atomic E-state index is 0. The average molecular weight is 381 g/mol. The van der Waals surface area contributed by atoms with E-state index >= 15 is 0 Å². The molecule has 0 saturated carbocycles. The predicted octanol–water partition coefficient (Wildman–Crippen LogP) is 4.87. The van der Waals surface area contributed by atoms with Crippen molar-refractivity contribution < 1.29 is 22.9 Å². The zero-order chi connectivity index (χ0) is 11.6. The van der Waals surface area contributed by atoms with Crippen molar-refractivity contribution in [2.24, 2.45) is 5.41 Å². The first-order valence-electron chi connectivity index (χ1n) is 6.14. The van der Waals surface area contributed by atoms with Gasteiger partial charge in [0.25, 0.3) is 0 Å². The van der Waals surface area contributed by atoms with Crippen LogP contribution in [0.1, 0.15) is 35.0 Å². The van der Waals surface area contributed by atoms with E-state index in [-0.39, 0.29) is 1.43 Å². The Hall–Kier alpha value is -0.170. The van der Waals surface area contributed by atoms with Crippen molar-refractivity contribution in [2.75, 3.05) is 0 Å². The third-order valence-corrected chi connectivity index (χ3v) is 16.3. The van der Waals surface area contributed by atoms with Gasteiger partial charge in [0.05, 0.1) is 0 Å². The van der Waals surface area contributed by atoms with E-state index in [2.05, 4.69) is 57.2 Å². The van der Waals surface area contributed by atoms with Gasteiger partial charge in [-0.25, -0.2) is 0 Å². The molecule has 2 aliphatic rings. The molecule has 2 rings (SSSR count). The fourth-order valence-corrected chi connectivity index (χ4v) is 14.0. The van der Waals surface area contributed by atoms with Crippen molar-refractivity contribution in [1.82, 2.24) is 0 Å². The summed E-state index contributed by atoms with van der Waals surface area (Å²) >= 11 is -1.68. The van der Waals surface area contributed by atoms with Crippen molar-refractivity contribution in [2.45, 2.75) is 37.8 Å². The largest absolute Gasteiger partial charge is 1.00 e. The second kappa shape index (κ2) is 5.00. The van der Waals surface area contributed by atoms with Crippen LogP contribution in [-0.4, -0.2) is 0 Å². The van der Waals surface area contributed by atoms with Crippen LogP contribution in [0.2, 0.25) is 4.18 Å². The predicted molar refractivity (Wildman–Crippen MR) is 69.1 cm³/mol. The molecule has 0 spiro atoms. The van der Waals surface area contributed by atoms with Crippen molar-refractivity contribution in [3.05, 3.63) is 43.1 Å². The summed E-state index contributed by atoms with van der Waals surface area (Å²) in [5.41, 5.74) is 0.495. The number of hydrogen-bond donors (Lipinski definition) is 0. The fraction of sp³-hybridized carbons (Fsp3) is 0.467. The zero-order valence-electron chi connectivity index (χ0n) is 11.6. The molecule has 0 radical (unpaired) electrons. The van der Waals surface area contributed by atoms with Crippen LogP contribution < -0.4 is 0 Å². The van der Waals surface area contributed by atoms with E-state index in [4.69, 9.17) is 0 Å². The van der Waals surface area contributed by atoms with Gasteiger partial charge in [0.2, 0.25) is 0 Å². The van der Waals surface area contributed by atoms with Gasteiger partial charge in [-0.3, -0.25) is 0 Å². The average Bonchev–Trinajstić information content (AvgIpc) is 2.86. The van der Waals surface area contributed by atoms with Crippen LogP contribution in [-0.2, 0) is 21.4 Å². The Morgan fingerprint density at radius 2 is 1.56 bits per heavy atom. The minimum Gasteiger partial charge on any atom is -1.00 e. The molecule has 0 bridgehead atoms. The normalized spacial score (nSPS) is 18.9. The molecule has 0 nitrogen and oxygen atoms in total. The molecule has 0 atom stereocenters. The maximum atomic E-state index is 2.41. The first-order chi connectivity index (χ1) is 7.56. The molecule has 0 aliphatic heterocycles. The Kier molecular flexibility index (Phi) is 3.84. The minimum atomic E-state index is -1.68. The van der Waals surface area contributed by atoms with Gasteiger partial charge in [0, 0.05) is 0 Å². The van der Waals surface area contributed by atoms with Gasteiger partial charge in [0.1, 0.15) is 0 Å². The summed E-state index contributed by atoms with van der Waals surface area (Å²) < 4.78 is 5.10. The van der Waals surface area contributed by atoms with E-state index in [9.17, 15) is 0 Å². The molecule has 0 fully saturated rings. The van der Waals surface area contributed by atoms with Crippen LogP contribution in [0, 0.1) is 5.41 Å². The Morgan fingerprint density at radius 1 is 1.06 bits per heavy atom. The second-order valence-electron chi connectivity index (χ2n) is 5.86. The number of hydrogen-bond acceptors (Lipinski definition) is 0. The maximum absolute atomic E-state index is 2.41. The maximum Gasteiger partial charge on any atom is -1.00 e. The Labute approximate surface area is 109 Å². The Bertz CT molecular complexity index is 350. The van der Waals surface area contributed by atoms with E-state index in [1.54, 1.807) is 0 Å². The summed E-state index contributed by atoms with van der Waals surface area (Å²) in [5, 5.41) is 0. The van der Waals surface area contributed by atoms with E-state index in [1.807, 2.05) is 6.66 Å². The van der Waals surface area contributed by atoms with Crippen LogP contribution in [0.5, 0.6) is 0 Å². The van der Waals surface area contributed by atoms with E-state index < -0.39 is 21.4 Å². The fourth-order valence-electron chi connectivity index (χ4n) is 2.31. The Balaban J connectivity index is 0.00000144. The molecule has 16 heavy (non-hydrogen) atoms. The monoisotopic (exact) mass is 382 g/mol. The zero-order valence-corrected chi connectivity index (χ0v) is 14.2. The third-order valence-electron chi connectivity index (χ3n) is 3.02. The van der Waals surface area contributed by atoms with Crippen LogP contribution >= 0.6 is 0 Å². The first-order valence-corrected chi connectivity index (χ1v) is 12.3. The summed E-state index contributed by atoms with van der Waals surface area (Å²) in [6.07, 6.45) is 16.5. The third kappa shape index (κ3) is 3.16. The molecule has 0 N–H and O–H groups in total. The standard InChI is InChI=1S/2C5H5.C5H11.Hf.H/c2*1-2-4-5-3-1;1-5(2,3)4;;/h2*1-3H,4H2;1H2,2-4H3;;/q;;;+1;-1. The molecule has 0 heterocycles. The molecule has 0 aromatic rings. The van der Waals surface area contributed by atoms with Crippen molar-refractivity contribution in [3.8, 4) is 0 Å². The summed E-state index contributed by atoms with van der Waals surface area (Å²) in [7, 11) is 0. The number of allylic oxidation sites excluding steroid dienone is 8. The summed E-state index contributed by atoms with van der Waals surface area (Å²) in [5.74, 6) is 0. The van der Waals surface area contributed by atoms with Crippen molar-refractivity contribution in [1.29, 1.82) is 0 Å². The molecule has 2 aliphatic carbocycles. The van der Waals surface area contributed by atoms with Crippen LogP contribution in [0.15, 0.2) is 43.1 Å². The van der Waals surface area contributed by atoms with Gasteiger partial charge in [-0.1, -0.05) is 0 Å². The SMILES string of the molecule is CC(C)(C)[CH2][Hf+]([C]1=CC=CC1)[C]1=CC=CC1.[H-]. The molecule has 0 aromatic heterocycles. The molecular formula is C15H22Hf.